The van der Waals surface area contributed by atoms with Gasteiger partial charge in [-0.25, -0.2) is 9.97 Å². The van der Waals surface area contributed by atoms with Gasteiger partial charge in [-0.3, -0.25) is 9.89 Å². The standard InChI is InChI=1S/C24H25N5O3/c1-3-32-22-15-20(16-8-11-25-23(14-16)31-2)28-21-13-17(6-7-19(21)22)24(30)26-10-4-5-18-9-12-27-29-18/h6-9,11-15H,3-5,10H2,1-2H3,(H,26,30)(H,27,29). The maximum absolute atomic E-state index is 12.7. The van der Waals surface area contributed by atoms with Crippen LogP contribution in [0.15, 0.2) is 54.9 Å². The number of amides is 1. The summed E-state index contributed by atoms with van der Waals surface area (Å²) in [6.45, 7) is 3.04. The van der Waals surface area contributed by atoms with Crippen molar-refractivity contribution in [2.45, 2.75) is 19.8 Å². The number of nitrogens with one attached hydrogen (secondary N) is 2. The molecular weight excluding hydrogens is 406 g/mol. The predicted octanol–water partition coefficient (Wildman–Crippen LogP) is 3.79. The molecule has 4 aromatic rings. The Hall–Kier alpha value is -3.94. The molecule has 8 nitrogen and oxygen atoms in total. The molecule has 1 amide bonds. The van der Waals surface area contributed by atoms with E-state index >= 15 is 0 Å². The van der Waals surface area contributed by atoms with Gasteiger partial charge >= 0.3 is 0 Å². The van der Waals surface area contributed by atoms with Gasteiger partial charge in [0.2, 0.25) is 5.88 Å². The average Bonchev–Trinajstić information content (AvgIpc) is 3.35. The van der Waals surface area contributed by atoms with E-state index in [9.17, 15) is 4.79 Å². The molecule has 8 heteroatoms. The molecule has 1 aromatic carbocycles. The molecule has 0 aliphatic heterocycles. The second-order valence-corrected chi connectivity index (χ2v) is 7.20. The highest BCUT2D eigenvalue weighted by Gasteiger charge is 2.13. The number of H-pyrrole nitrogens is 1. The number of aromatic nitrogens is 4. The summed E-state index contributed by atoms with van der Waals surface area (Å²) in [7, 11) is 1.57. The molecule has 164 valence electrons. The van der Waals surface area contributed by atoms with E-state index in [1.54, 1.807) is 31.6 Å². The predicted molar refractivity (Wildman–Crippen MR) is 122 cm³/mol. The first kappa shape index (κ1) is 21.3. The second kappa shape index (κ2) is 9.91. The van der Waals surface area contributed by atoms with Crippen molar-refractivity contribution >= 4 is 16.8 Å². The number of benzene rings is 1. The first-order chi connectivity index (χ1) is 15.7. The topological polar surface area (TPSA) is 102 Å². The number of hydrogen-bond donors (Lipinski definition) is 2. The molecule has 3 heterocycles. The van der Waals surface area contributed by atoms with E-state index in [-0.39, 0.29) is 5.91 Å². The molecular formula is C24H25N5O3. The second-order valence-electron chi connectivity index (χ2n) is 7.20. The van der Waals surface area contributed by atoms with Crippen molar-refractivity contribution in [2.75, 3.05) is 20.3 Å². The maximum atomic E-state index is 12.7. The summed E-state index contributed by atoms with van der Waals surface area (Å²) < 4.78 is 11.1. The van der Waals surface area contributed by atoms with Crippen LogP contribution in [0.1, 0.15) is 29.4 Å². The fraction of sp³-hybridized carbons (Fsp3) is 0.250. The van der Waals surface area contributed by atoms with Crippen molar-refractivity contribution in [1.29, 1.82) is 0 Å². The van der Waals surface area contributed by atoms with Crippen LogP contribution in [0.3, 0.4) is 0 Å². The number of aromatic amines is 1. The van der Waals surface area contributed by atoms with Gasteiger partial charge in [0.25, 0.3) is 5.91 Å². The van der Waals surface area contributed by atoms with Crippen molar-refractivity contribution in [3.05, 3.63) is 66.1 Å². The SMILES string of the molecule is CCOc1cc(-c2ccnc(OC)c2)nc2cc(C(=O)NCCCc3ccn[nH]3)ccc12. The Morgan fingerprint density at radius 2 is 2.03 bits per heavy atom. The van der Waals surface area contributed by atoms with Crippen molar-refractivity contribution in [3.8, 4) is 22.9 Å². The van der Waals surface area contributed by atoms with Gasteiger partial charge in [-0.15, -0.1) is 0 Å². The third-order valence-electron chi connectivity index (χ3n) is 5.04. The van der Waals surface area contributed by atoms with Crippen LogP contribution < -0.4 is 14.8 Å². The molecule has 0 saturated heterocycles. The van der Waals surface area contributed by atoms with E-state index < -0.39 is 0 Å². The monoisotopic (exact) mass is 431 g/mol. The molecule has 0 aliphatic rings. The lowest BCUT2D eigenvalue weighted by Crippen LogP contribution is -2.24. The fourth-order valence-electron chi connectivity index (χ4n) is 3.45. The molecule has 0 aliphatic carbocycles. The van der Waals surface area contributed by atoms with Crippen molar-refractivity contribution in [3.63, 3.8) is 0 Å². The van der Waals surface area contributed by atoms with Crippen molar-refractivity contribution in [2.24, 2.45) is 0 Å². The normalized spacial score (nSPS) is 10.8. The smallest absolute Gasteiger partial charge is 0.251 e. The molecule has 0 radical (unpaired) electrons. The van der Waals surface area contributed by atoms with Crippen LogP contribution in [0.5, 0.6) is 11.6 Å². The summed E-state index contributed by atoms with van der Waals surface area (Å²) in [6.07, 6.45) is 5.05. The number of hydrogen-bond acceptors (Lipinski definition) is 6. The van der Waals surface area contributed by atoms with E-state index in [2.05, 4.69) is 20.5 Å². The Balaban J connectivity index is 1.57. The number of carbonyl (C=O) groups is 1. The zero-order valence-corrected chi connectivity index (χ0v) is 18.1. The molecule has 4 rings (SSSR count). The molecule has 2 N–H and O–H groups in total. The number of fused-ring (bicyclic) bond motifs is 1. The number of carbonyl (C=O) groups excluding carboxylic acids is 1. The van der Waals surface area contributed by atoms with Crippen LogP contribution in [0.2, 0.25) is 0 Å². The summed E-state index contributed by atoms with van der Waals surface area (Å²) in [5.41, 5.74) is 3.87. The minimum atomic E-state index is -0.132. The summed E-state index contributed by atoms with van der Waals surface area (Å²) in [4.78, 5) is 21.6. The highest BCUT2D eigenvalue weighted by molar-refractivity contribution is 5.99. The molecule has 32 heavy (non-hydrogen) atoms. The van der Waals surface area contributed by atoms with E-state index in [1.807, 2.05) is 37.3 Å². The molecule has 0 bridgehead atoms. The Labute approximate surface area is 186 Å². The van der Waals surface area contributed by atoms with E-state index in [1.165, 1.54) is 0 Å². The number of aryl methyl sites for hydroxylation is 1. The highest BCUT2D eigenvalue weighted by Crippen LogP contribution is 2.31. The van der Waals surface area contributed by atoms with E-state index in [4.69, 9.17) is 14.5 Å². The minimum Gasteiger partial charge on any atom is -0.493 e. The summed E-state index contributed by atoms with van der Waals surface area (Å²) in [6, 6.07) is 13.0. The first-order valence-corrected chi connectivity index (χ1v) is 10.5. The van der Waals surface area contributed by atoms with E-state index in [0.29, 0.717) is 30.1 Å². The number of nitrogens with zero attached hydrogens (tertiary/aromatic N) is 3. The molecule has 0 unspecified atom stereocenters. The number of ether oxygens (including phenoxy) is 2. The third-order valence-corrected chi connectivity index (χ3v) is 5.04. The Morgan fingerprint density at radius 3 is 2.81 bits per heavy atom. The lowest BCUT2D eigenvalue weighted by molar-refractivity contribution is 0.0953. The lowest BCUT2D eigenvalue weighted by Gasteiger charge is -2.12. The summed E-state index contributed by atoms with van der Waals surface area (Å²) in [5.74, 6) is 1.09. The lowest BCUT2D eigenvalue weighted by atomic mass is 10.1. The molecule has 0 saturated carbocycles. The number of rotatable bonds is 9. The van der Waals surface area contributed by atoms with Crippen molar-refractivity contribution < 1.29 is 14.3 Å². The summed E-state index contributed by atoms with van der Waals surface area (Å²) >= 11 is 0. The minimum absolute atomic E-state index is 0.132. The molecule has 0 fully saturated rings. The van der Waals surface area contributed by atoms with Gasteiger partial charge in [-0.05, 0) is 50.1 Å². The van der Waals surface area contributed by atoms with Gasteiger partial charge in [-0.1, -0.05) is 0 Å². The van der Waals surface area contributed by atoms with Crippen molar-refractivity contribution in [1.82, 2.24) is 25.5 Å². The van der Waals surface area contributed by atoms with Crippen LogP contribution in [0, 0.1) is 0 Å². The zero-order valence-electron chi connectivity index (χ0n) is 18.1. The van der Waals surface area contributed by atoms with Gasteiger partial charge < -0.3 is 14.8 Å². The Morgan fingerprint density at radius 1 is 1.12 bits per heavy atom. The molecule has 0 atom stereocenters. The number of methoxy groups -OCH3 is 1. The average molecular weight is 431 g/mol. The van der Waals surface area contributed by atoms with E-state index in [0.717, 1.165) is 40.9 Å². The van der Waals surface area contributed by atoms with Crippen LogP contribution in [-0.4, -0.2) is 46.3 Å². The number of pyridine rings is 2. The highest BCUT2D eigenvalue weighted by atomic mass is 16.5. The van der Waals surface area contributed by atoms with Crippen LogP contribution in [0.25, 0.3) is 22.2 Å². The van der Waals surface area contributed by atoms with Gasteiger partial charge in [-0.2, -0.15) is 5.10 Å². The summed E-state index contributed by atoms with van der Waals surface area (Å²) in [5, 5.41) is 10.7. The van der Waals surface area contributed by atoms with Crippen LogP contribution in [-0.2, 0) is 6.42 Å². The zero-order chi connectivity index (χ0) is 22.3. The molecule has 3 aromatic heterocycles. The van der Waals surface area contributed by atoms with Crippen LogP contribution >= 0.6 is 0 Å². The van der Waals surface area contributed by atoms with Crippen LogP contribution in [0.4, 0.5) is 0 Å². The first-order valence-electron chi connectivity index (χ1n) is 10.5. The van der Waals surface area contributed by atoms with Gasteiger partial charge in [0.15, 0.2) is 0 Å². The van der Waals surface area contributed by atoms with Gasteiger partial charge in [0.1, 0.15) is 5.75 Å². The quantitative estimate of drug-likeness (QED) is 0.391. The van der Waals surface area contributed by atoms with Gasteiger partial charge in [0.05, 0.1) is 24.9 Å². The third kappa shape index (κ3) is 4.85. The largest absolute Gasteiger partial charge is 0.493 e. The fourth-order valence-corrected chi connectivity index (χ4v) is 3.45. The Bertz CT molecular complexity index is 1210. The maximum Gasteiger partial charge on any atom is 0.251 e. The molecule has 0 spiro atoms. The van der Waals surface area contributed by atoms with Gasteiger partial charge in [0, 0.05) is 53.3 Å². The Kier molecular flexibility index (Phi) is 6.60.